The summed E-state index contributed by atoms with van der Waals surface area (Å²) in [5, 5.41) is 6.71. The van der Waals surface area contributed by atoms with Crippen LogP contribution in [0.1, 0.15) is 31.0 Å². The molecule has 0 unspecified atom stereocenters. The standard InChI is InChI=1S/C10H14N2S/c1-6(2)9-10-8(11-12(9)4)7(3)5-13-10/h5-6H,1-4H3. The van der Waals surface area contributed by atoms with Crippen LogP contribution >= 0.6 is 11.3 Å². The van der Waals surface area contributed by atoms with Crippen molar-refractivity contribution < 1.29 is 0 Å². The first-order valence-corrected chi connectivity index (χ1v) is 5.40. The van der Waals surface area contributed by atoms with E-state index in [9.17, 15) is 0 Å². The minimum Gasteiger partial charge on any atom is -0.270 e. The molecule has 70 valence electrons. The molecule has 2 nitrogen and oxygen atoms in total. The van der Waals surface area contributed by atoms with Gasteiger partial charge in [0.1, 0.15) is 5.52 Å². The zero-order chi connectivity index (χ0) is 9.59. The molecule has 0 bridgehead atoms. The Labute approximate surface area is 82.2 Å². The first-order chi connectivity index (χ1) is 6.11. The molecule has 2 aromatic heterocycles. The second-order valence-corrected chi connectivity index (χ2v) is 4.64. The number of thiophene rings is 1. The van der Waals surface area contributed by atoms with Crippen molar-refractivity contribution >= 4 is 21.6 Å². The van der Waals surface area contributed by atoms with Crippen LogP contribution < -0.4 is 0 Å². The van der Waals surface area contributed by atoms with Gasteiger partial charge in [-0.3, -0.25) is 4.68 Å². The molecule has 0 saturated heterocycles. The topological polar surface area (TPSA) is 17.8 Å². The summed E-state index contributed by atoms with van der Waals surface area (Å²) in [5.74, 6) is 0.549. The van der Waals surface area contributed by atoms with Gasteiger partial charge in [0, 0.05) is 7.05 Å². The molecule has 0 aliphatic rings. The van der Waals surface area contributed by atoms with Crippen LogP contribution in [0.2, 0.25) is 0 Å². The number of hydrogen-bond donors (Lipinski definition) is 0. The zero-order valence-corrected chi connectivity index (χ0v) is 9.27. The van der Waals surface area contributed by atoms with Gasteiger partial charge in [0.2, 0.25) is 0 Å². The normalized spacial score (nSPS) is 11.8. The SMILES string of the molecule is Cc1csc2c(C(C)C)n(C)nc12. The second-order valence-electron chi connectivity index (χ2n) is 3.76. The lowest BCUT2D eigenvalue weighted by atomic mass is 10.1. The lowest BCUT2D eigenvalue weighted by Crippen LogP contribution is -1.99. The van der Waals surface area contributed by atoms with Gasteiger partial charge in [-0.2, -0.15) is 5.10 Å². The van der Waals surface area contributed by atoms with Gasteiger partial charge in [-0.1, -0.05) is 13.8 Å². The molecule has 0 amide bonds. The van der Waals surface area contributed by atoms with Gasteiger partial charge in [0.15, 0.2) is 0 Å². The smallest absolute Gasteiger partial charge is 0.106 e. The molecule has 0 N–H and O–H groups in total. The molecule has 2 rings (SSSR count). The third-order valence-electron chi connectivity index (χ3n) is 2.32. The van der Waals surface area contributed by atoms with Crippen molar-refractivity contribution in [3.8, 4) is 0 Å². The van der Waals surface area contributed by atoms with E-state index < -0.39 is 0 Å². The fraction of sp³-hybridized carbons (Fsp3) is 0.500. The molecule has 0 atom stereocenters. The average molecular weight is 194 g/mol. The summed E-state index contributed by atoms with van der Waals surface area (Å²) in [6, 6.07) is 0. The average Bonchev–Trinajstić information content (AvgIpc) is 2.51. The minimum absolute atomic E-state index is 0.549. The Morgan fingerprint density at radius 1 is 1.46 bits per heavy atom. The largest absolute Gasteiger partial charge is 0.270 e. The summed E-state index contributed by atoms with van der Waals surface area (Å²) in [6.07, 6.45) is 0. The van der Waals surface area contributed by atoms with Crippen molar-refractivity contribution in [3.05, 3.63) is 16.6 Å². The summed E-state index contributed by atoms with van der Waals surface area (Å²) in [5.41, 5.74) is 3.83. The highest BCUT2D eigenvalue weighted by atomic mass is 32.1. The Morgan fingerprint density at radius 3 is 2.77 bits per heavy atom. The van der Waals surface area contributed by atoms with E-state index in [-0.39, 0.29) is 0 Å². The molecule has 13 heavy (non-hydrogen) atoms. The fourth-order valence-electron chi connectivity index (χ4n) is 1.73. The molecule has 0 spiro atoms. The van der Waals surface area contributed by atoms with Gasteiger partial charge in [0.25, 0.3) is 0 Å². The first kappa shape index (κ1) is 8.75. The molecule has 2 aromatic rings. The van der Waals surface area contributed by atoms with Crippen molar-refractivity contribution in [2.45, 2.75) is 26.7 Å². The Kier molecular flexibility index (Phi) is 1.91. The van der Waals surface area contributed by atoms with Gasteiger partial charge < -0.3 is 0 Å². The van der Waals surface area contributed by atoms with Crippen LogP contribution in [0.3, 0.4) is 0 Å². The van der Waals surface area contributed by atoms with Crippen LogP contribution in [0, 0.1) is 6.92 Å². The molecular formula is C10H14N2S. The first-order valence-electron chi connectivity index (χ1n) is 4.52. The summed E-state index contributed by atoms with van der Waals surface area (Å²) in [4.78, 5) is 0. The van der Waals surface area contributed by atoms with Crippen LogP contribution in [-0.2, 0) is 7.05 Å². The highest BCUT2D eigenvalue weighted by molar-refractivity contribution is 7.17. The Balaban J connectivity index is 2.79. The number of fused-ring (bicyclic) bond motifs is 1. The van der Waals surface area contributed by atoms with Gasteiger partial charge >= 0.3 is 0 Å². The third kappa shape index (κ3) is 1.18. The molecule has 3 heteroatoms. The van der Waals surface area contributed by atoms with Gasteiger partial charge in [-0.15, -0.1) is 11.3 Å². The molecule has 0 aliphatic carbocycles. The second kappa shape index (κ2) is 2.84. The summed E-state index contributed by atoms with van der Waals surface area (Å²) in [6.45, 7) is 6.55. The Morgan fingerprint density at radius 2 is 2.15 bits per heavy atom. The van der Waals surface area contributed by atoms with E-state index in [2.05, 4.69) is 31.2 Å². The quantitative estimate of drug-likeness (QED) is 0.682. The maximum atomic E-state index is 4.52. The molecule has 0 radical (unpaired) electrons. The van der Waals surface area contributed by atoms with E-state index in [0.29, 0.717) is 5.92 Å². The summed E-state index contributed by atoms with van der Waals surface area (Å²) < 4.78 is 3.37. The van der Waals surface area contributed by atoms with Crippen LogP contribution in [-0.4, -0.2) is 9.78 Å². The number of aromatic nitrogens is 2. The maximum absolute atomic E-state index is 4.52. The fourth-order valence-corrected chi connectivity index (χ4v) is 2.94. The predicted molar refractivity (Wildman–Crippen MR) is 57.4 cm³/mol. The molecule has 0 aliphatic heterocycles. The number of rotatable bonds is 1. The summed E-state index contributed by atoms with van der Waals surface area (Å²) >= 11 is 1.81. The van der Waals surface area contributed by atoms with Gasteiger partial charge in [-0.05, 0) is 23.8 Å². The summed E-state index contributed by atoms with van der Waals surface area (Å²) in [7, 11) is 2.03. The third-order valence-corrected chi connectivity index (χ3v) is 3.43. The molecule has 0 fully saturated rings. The van der Waals surface area contributed by atoms with Crippen molar-refractivity contribution in [1.82, 2.24) is 9.78 Å². The van der Waals surface area contributed by atoms with Crippen molar-refractivity contribution in [3.63, 3.8) is 0 Å². The number of hydrogen-bond acceptors (Lipinski definition) is 2. The van der Waals surface area contributed by atoms with Crippen LogP contribution in [0.4, 0.5) is 0 Å². The molecule has 2 heterocycles. The van der Waals surface area contributed by atoms with Crippen molar-refractivity contribution in [1.29, 1.82) is 0 Å². The van der Waals surface area contributed by atoms with Gasteiger partial charge in [0.05, 0.1) is 10.4 Å². The van der Waals surface area contributed by atoms with Crippen LogP contribution in [0.15, 0.2) is 5.38 Å². The van der Waals surface area contributed by atoms with E-state index in [0.717, 1.165) is 0 Å². The van der Waals surface area contributed by atoms with E-state index in [1.807, 2.05) is 11.7 Å². The molecule has 0 saturated carbocycles. The van der Waals surface area contributed by atoms with Crippen molar-refractivity contribution in [2.75, 3.05) is 0 Å². The molecule has 0 aromatic carbocycles. The highest BCUT2D eigenvalue weighted by Gasteiger charge is 2.14. The lowest BCUT2D eigenvalue weighted by molar-refractivity contribution is 0.677. The van der Waals surface area contributed by atoms with E-state index in [1.165, 1.54) is 21.5 Å². The van der Waals surface area contributed by atoms with E-state index >= 15 is 0 Å². The number of aryl methyl sites for hydroxylation is 2. The van der Waals surface area contributed by atoms with E-state index in [1.54, 1.807) is 11.3 Å². The Hall–Kier alpha value is -0.830. The highest BCUT2D eigenvalue weighted by Crippen LogP contribution is 2.31. The van der Waals surface area contributed by atoms with E-state index in [4.69, 9.17) is 0 Å². The monoisotopic (exact) mass is 194 g/mol. The van der Waals surface area contributed by atoms with Crippen molar-refractivity contribution in [2.24, 2.45) is 7.05 Å². The Bertz CT molecular complexity index is 437. The minimum atomic E-state index is 0.549. The molecular weight excluding hydrogens is 180 g/mol. The van der Waals surface area contributed by atoms with Gasteiger partial charge in [-0.25, -0.2) is 0 Å². The van der Waals surface area contributed by atoms with Crippen LogP contribution in [0.5, 0.6) is 0 Å². The number of nitrogens with zero attached hydrogens (tertiary/aromatic N) is 2. The predicted octanol–water partition coefficient (Wildman–Crippen LogP) is 3.07. The van der Waals surface area contributed by atoms with Crippen LogP contribution in [0.25, 0.3) is 10.2 Å². The maximum Gasteiger partial charge on any atom is 0.106 e. The zero-order valence-electron chi connectivity index (χ0n) is 8.46. The lowest BCUT2D eigenvalue weighted by Gasteiger charge is -2.04.